The van der Waals surface area contributed by atoms with Crippen LogP contribution in [-0.4, -0.2) is 24.2 Å². The molecule has 0 aliphatic heterocycles. The van der Waals surface area contributed by atoms with Gasteiger partial charge in [0, 0.05) is 0 Å². The second-order valence-corrected chi connectivity index (χ2v) is 4.37. The van der Waals surface area contributed by atoms with Crippen LogP contribution in [0.15, 0.2) is 4.47 Å². The maximum atomic E-state index is 5.13. The van der Waals surface area contributed by atoms with Gasteiger partial charge in [-0.1, -0.05) is 13.8 Å². The van der Waals surface area contributed by atoms with Crippen molar-refractivity contribution >= 4 is 15.9 Å². The van der Waals surface area contributed by atoms with Gasteiger partial charge in [0.05, 0.1) is 19.9 Å². The quantitative estimate of drug-likeness (QED) is 0.846. The molecule has 1 heterocycles. The fraction of sp³-hybridized carbons (Fsp3) is 0.600. The van der Waals surface area contributed by atoms with Crippen molar-refractivity contribution in [2.75, 3.05) is 14.2 Å². The molecule has 0 radical (unpaired) electrons. The minimum atomic E-state index is 0.339. The molecule has 0 unspecified atom stereocenters. The summed E-state index contributed by atoms with van der Waals surface area (Å²) in [5.41, 5.74) is 0.911. The molecule has 4 nitrogen and oxygen atoms in total. The van der Waals surface area contributed by atoms with Crippen molar-refractivity contribution in [1.82, 2.24) is 9.97 Å². The fourth-order valence-electron chi connectivity index (χ4n) is 1.20. The monoisotopic (exact) mass is 274 g/mol. The lowest BCUT2D eigenvalue weighted by Gasteiger charge is -2.10. The highest BCUT2D eigenvalue weighted by Gasteiger charge is 2.14. The third-order valence-electron chi connectivity index (χ3n) is 1.85. The number of nitrogens with zero attached hydrogens (tertiary/aromatic N) is 2. The molecular formula is C10H15BrN2O2. The summed E-state index contributed by atoms with van der Waals surface area (Å²) in [4.78, 5) is 8.35. The molecule has 0 saturated heterocycles. The molecule has 0 N–H and O–H groups in total. The number of hydrogen-bond donors (Lipinski definition) is 0. The van der Waals surface area contributed by atoms with Gasteiger partial charge in [0.2, 0.25) is 5.88 Å². The third kappa shape index (κ3) is 3.06. The van der Waals surface area contributed by atoms with Crippen LogP contribution in [0.5, 0.6) is 11.9 Å². The molecule has 84 valence electrons. The van der Waals surface area contributed by atoms with E-state index < -0.39 is 0 Å². The first-order valence-corrected chi connectivity index (χ1v) is 5.52. The van der Waals surface area contributed by atoms with E-state index in [1.54, 1.807) is 14.2 Å². The highest BCUT2D eigenvalue weighted by Crippen LogP contribution is 2.28. The van der Waals surface area contributed by atoms with E-state index in [0.717, 1.165) is 16.6 Å². The zero-order valence-corrected chi connectivity index (χ0v) is 11.0. The van der Waals surface area contributed by atoms with Gasteiger partial charge in [0.1, 0.15) is 4.47 Å². The summed E-state index contributed by atoms with van der Waals surface area (Å²) in [6.07, 6.45) is 0.857. The maximum Gasteiger partial charge on any atom is 0.319 e. The SMILES string of the molecule is COc1nc(CC(C)C)c(Br)c(OC)n1. The standard InChI is InChI=1S/C10H15BrN2O2/c1-6(2)5-7-8(11)9(14-3)13-10(12-7)15-4/h6H,5H2,1-4H3. The van der Waals surface area contributed by atoms with Gasteiger partial charge >= 0.3 is 6.01 Å². The third-order valence-corrected chi connectivity index (χ3v) is 2.64. The smallest absolute Gasteiger partial charge is 0.319 e. The number of rotatable bonds is 4. The Morgan fingerprint density at radius 3 is 2.33 bits per heavy atom. The van der Waals surface area contributed by atoms with E-state index in [0.29, 0.717) is 17.8 Å². The summed E-state index contributed by atoms with van der Waals surface area (Å²) in [5, 5.41) is 0. The maximum absolute atomic E-state index is 5.13. The molecule has 0 amide bonds. The predicted octanol–water partition coefficient (Wildman–Crippen LogP) is 2.45. The highest BCUT2D eigenvalue weighted by molar-refractivity contribution is 9.10. The summed E-state index contributed by atoms with van der Waals surface area (Å²) in [5.74, 6) is 1.03. The Labute approximate surface area is 98.2 Å². The lowest BCUT2D eigenvalue weighted by molar-refractivity contribution is 0.347. The van der Waals surface area contributed by atoms with E-state index >= 15 is 0 Å². The molecule has 15 heavy (non-hydrogen) atoms. The van der Waals surface area contributed by atoms with Gasteiger partial charge in [0.15, 0.2) is 0 Å². The molecule has 0 saturated carbocycles. The van der Waals surface area contributed by atoms with E-state index in [-0.39, 0.29) is 0 Å². The Morgan fingerprint density at radius 1 is 1.20 bits per heavy atom. The van der Waals surface area contributed by atoms with Crippen molar-refractivity contribution in [3.8, 4) is 11.9 Å². The van der Waals surface area contributed by atoms with Crippen molar-refractivity contribution in [2.45, 2.75) is 20.3 Å². The number of halogens is 1. The average Bonchev–Trinajstić information content (AvgIpc) is 2.20. The molecule has 0 aromatic carbocycles. The van der Waals surface area contributed by atoms with Crippen LogP contribution in [0.25, 0.3) is 0 Å². The lowest BCUT2D eigenvalue weighted by Crippen LogP contribution is -2.04. The summed E-state index contributed by atoms with van der Waals surface area (Å²) < 4.78 is 10.9. The van der Waals surface area contributed by atoms with Crippen LogP contribution >= 0.6 is 15.9 Å². The van der Waals surface area contributed by atoms with Crippen molar-refractivity contribution in [3.05, 3.63) is 10.2 Å². The molecule has 0 spiro atoms. The van der Waals surface area contributed by atoms with Crippen LogP contribution in [0, 0.1) is 5.92 Å². The minimum Gasteiger partial charge on any atom is -0.480 e. The normalized spacial score (nSPS) is 10.5. The molecule has 5 heteroatoms. The van der Waals surface area contributed by atoms with Gasteiger partial charge in [0.25, 0.3) is 0 Å². The minimum absolute atomic E-state index is 0.339. The van der Waals surface area contributed by atoms with E-state index in [1.165, 1.54) is 0 Å². The Hall–Kier alpha value is -0.840. The Balaban J connectivity index is 3.12. The summed E-state index contributed by atoms with van der Waals surface area (Å²) in [6, 6.07) is 0.339. The first-order valence-electron chi connectivity index (χ1n) is 4.72. The number of ether oxygens (including phenoxy) is 2. The Morgan fingerprint density at radius 2 is 1.87 bits per heavy atom. The molecule has 0 bridgehead atoms. The number of methoxy groups -OCH3 is 2. The molecule has 0 aliphatic rings. The second kappa shape index (κ2) is 5.30. The molecule has 0 atom stereocenters. The van der Waals surface area contributed by atoms with Crippen LogP contribution in [0.1, 0.15) is 19.5 Å². The van der Waals surface area contributed by atoms with E-state index in [2.05, 4.69) is 39.7 Å². The highest BCUT2D eigenvalue weighted by atomic mass is 79.9. The second-order valence-electron chi connectivity index (χ2n) is 3.58. The van der Waals surface area contributed by atoms with Crippen LogP contribution in [0.4, 0.5) is 0 Å². The average molecular weight is 275 g/mol. The Kier molecular flexibility index (Phi) is 4.32. The van der Waals surface area contributed by atoms with Crippen LogP contribution in [0.3, 0.4) is 0 Å². The van der Waals surface area contributed by atoms with Crippen molar-refractivity contribution < 1.29 is 9.47 Å². The van der Waals surface area contributed by atoms with Crippen molar-refractivity contribution in [3.63, 3.8) is 0 Å². The molecule has 1 aromatic rings. The summed E-state index contributed by atoms with van der Waals surface area (Å²) >= 11 is 3.43. The number of aromatic nitrogens is 2. The van der Waals surface area contributed by atoms with Gasteiger partial charge in [-0.05, 0) is 28.3 Å². The van der Waals surface area contributed by atoms with Gasteiger partial charge in [-0.15, -0.1) is 0 Å². The summed E-state index contributed by atoms with van der Waals surface area (Å²) in [6.45, 7) is 4.26. The van der Waals surface area contributed by atoms with E-state index in [1.807, 2.05) is 0 Å². The van der Waals surface area contributed by atoms with Gasteiger partial charge in [-0.25, -0.2) is 0 Å². The molecule has 1 rings (SSSR count). The van der Waals surface area contributed by atoms with Gasteiger partial charge in [-0.2, -0.15) is 9.97 Å². The van der Waals surface area contributed by atoms with Crippen LogP contribution in [-0.2, 0) is 6.42 Å². The Bertz CT molecular complexity index is 342. The zero-order valence-electron chi connectivity index (χ0n) is 9.37. The molecule has 1 aromatic heterocycles. The van der Waals surface area contributed by atoms with Crippen LogP contribution in [0.2, 0.25) is 0 Å². The van der Waals surface area contributed by atoms with Crippen LogP contribution < -0.4 is 9.47 Å². The topological polar surface area (TPSA) is 44.2 Å². The molecule has 0 fully saturated rings. The van der Waals surface area contributed by atoms with E-state index in [4.69, 9.17) is 9.47 Å². The van der Waals surface area contributed by atoms with Gasteiger partial charge in [-0.3, -0.25) is 0 Å². The number of hydrogen-bond acceptors (Lipinski definition) is 4. The van der Waals surface area contributed by atoms with E-state index in [9.17, 15) is 0 Å². The van der Waals surface area contributed by atoms with Crippen molar-refractivity contribution in [1.29, 1.82) is 0 Å². The van der Waals surface area contributed by atoms with Gasteiger partial charge < -0.3 is 9.47 Å². The summed E-state index contributed by atoms with van der Waals surface area (Å²) in [7, 11) is 3.12. The largest absolute Gasteiger partial charge is 0.480 e. The molecular weight excluding hydrogens is 260 g/mol. The fourth-order valence-corrected chi connectivity index (χ4v) is 1.70. The zero-order chi connectivity index (χ0) is 11.4. The molecule has 0 aliphatic carbocycles. The first-order chi connectivity index (χ1) is 7.08. The first kappa shape index (κ1) is 12.2. The van der Waals surface area contributed by atoms with Crippen molar-refractivity contribution in [2.24, 2.45) is 5.92 Å². The lowest BCUT2D eigenvalue weighted by atomic mass is 10.1. The predicted molar refractivity (Wildman–Crippen MR) is 61.4 cm³/mol.